The lowest BCUT2D eigenvalue weighted by atomic mass is 10.2. The summed E-state index contributed by atoms with van der Waals surface area (Å²) >= 11 is 0. The molecule has 1 fully saturated rings. The molecule has 0 amide bonds. The quantitative estimate of drug-likeness (QED) is 0.577. The van der Waals surface area contributed by atoms with E-state index in [0.29, 0.717) is 23.2 Å². The van der Waals surface area contributed by atoms with Gasteiger partial charge in [-0.05, 0) is 62.6 Å². The number of rotatable bonds is 6. The van der Waals surface area contributed by atoms with Crippen LogP contribution >= 0.6 is 0 Å². The van der Waals surface area contributed by atoms with Crippen molar-refractivity contribution < 1.29 is 22.4 Å². The Labute approximate surface area is 169 Å². The van der Waals surface area contributed by atoms with Crippen LogP contribution in [0.5, 0.6) is 0 Å². The van der Waals surface area contributed by atoms with Crippen molar-refractivity contribution in [3.05, 3.63) is 59.2 Å². The Balaban J connectivity index is 1.53. The Hall–Kier alpha value is -2.71. The molecule has 0 unspecified atom stereocenters. The van der Waals surface area contributed by atoms with Crippen LogP contribution in [0, 0.1) is 5.92 Å². The SMILES string of the molecule is CC(C)NS(=O)(=O)c1ccc(C2=N/C(=C/c3ccc([C@H]4C[C@H]4C)o3)C(=O)O2)cc1. The van der Waals surface area contributed by atoms with Gasteiger partial charge in [-0.15, -0.1) is 0 Å². The summed E-state index contributed by atoms with van der Waals surface area (Å²) in [6, 6.07) is 9.55. The van der Waals surface area contributed by atoms with Gasteiger partial charge in [-0.3, -0.25) is 0 Å². The van der Waals surface area contributed by atoms with E-state index in [0.717, 1.165) is 12.2 Å². The fourth-order valence-corrected chi connectivity index (χ4v) is 4.44. The van der Waals surface area contributed by atoms with Gasteiger partial charge in [0.05, 0.1) is 4.90 Å². The molecule has 1 aromatic heterocycles. The highest BCUT2D eigenvalue weighted by atomic mass is 32.2. The van der Waals surface area contributed by atoms with E-state index in [-0.39, 0.29) is 22.5 Å². The van der Waals surface area contributed by atoms with Crippen LogP contribution in [0.4, 0.5) is 0 Å². The lowest BCUT2D eigenvalue weighted by molar-refractivity contribution is -0.129. The third kappa shape index (κ3) is 4.18. The van der Waals surface area contributed by atoms with Gasteiger partial charge in [-0.2, -0.15) is 0 Å². The van der Waals surface area contributed by atoms with Crippen molar-refractivity contribution in [2.75, 3.05) is 0 Å². The first-order valence-electron chi connectivity index (χ1n) is 9.48. The van der Waals surface area contributed by atoms with E-state index >= 15 is 0 Å². The van der Waals surface area contributed by atoms with Crippen LogP contribution in [-0.4, -0.2) is 26.3 Å². The number of hydrogen-bond acceptors (Lipinski definition) is 6. The van der Waals surface area contributed by atoms with Crippen molar-refractivity contribution in [2.24, 2.45) is 10.9 Å². The smallest absolute Gasteiger partial charge is 0.363 e. The van der Waals surface area contributed by atoms with Gasteiger partial charge in [0, 0.05) is 23.6 Å². The number of cyclic esters (lactones) is 1. The van der Waals surface area contributed by atoms with Crippen LogP contribution in [0.2, 0.25) is 0 Å². The molecule has 152 valence electrons. The highest BCUT2D eigenvalue weighted by molar-refractivity contribution is 7.89. The first-order chi connectivity index (χ1) is 13.7. The molecule has 29 heavy (non-hydrogen) atoms. The van der Waals surface area contributed by atoms with Crippen molar-refractivity contribution in [2.45, 2.75) is 44.0 Å². The van der Waals surface area contributed by atoms with E-state index in [4.69, 9.17) is 9.15 Å². The molecule has 1 N–H and O–H groups in total. The minimum absolute atomic E-state index is 0.129. The summed E-state index contributed by atoms with van der Waals surface area (Å²) in [6.45, 7) is 5.67. The minimum Gasteiger partial charge on any atom is -0.461 e. The van der Waals surface area contributed by atoms with Crippen LogP contribution in [0.3, 0.4) is 0 Å². The molecule has 1 aliphatic carbocycles. The van der Waals surface area contributed by atoms with Gasteiger partial charge >= 0.3 is 5.97 Å². The molecule has 2 heterocycles. The van der Waals surface area contributed by atoms with Gasteiger partial charge in [-0.1, -0.05) is 6.92 Å². The van der Waals surface area contributed by atoms with Gasteiger partial charge in [0.25, 0.3) is 0 Å². The lowest BCUT2D eigenvalue weighted by Crippen LogP contribution is -2.30. The van der Waals surface area contributed by atoms with E-state index in [9.17, 15) is 13.2 Å². The van der Waals surface area contributed by atoms with Gasteiger partial charge in [-0.25, -0.2) is 22.9 Å². The second kappa shape index (κ2) is 7.27. The molecule has 0 saturated heterocycles. The third-order valence-electron chi connectivity index (χ3n) is 4.82. The Kier molecular flexibility index (Phi) is 4.92. The Morgan fingerprint density at radius 3 is 2.48 bits per heavy atom. The molecule has 7 nitrogen and oxygen atoms in total. The van der Waals surface area contributed by atoms with Crippen molar-refractivity contribution in [1.82, 2.24) is 4.72 Å². The van der Waals surface area contributed by atoms with Crippen molar-refractivity contribution in [3.63, 3.8) is 0 Å². The molecule has 1 aliphatic heterocycles. The monoisotopic (exact) mass is 414 g/mol. The van der Waals surface area contributed by atoms with Gasteiger partial charge in [0.15, 0.2) is 5.70 Å². The predicted molar refractivity (Wildman–Crippen MR) is 108 cm³/mol. The van der Waals surface area contributed by atoms with E-state index in [2.05, 4.69) is 16.6 Å². The first kappa shape index (κ1) is 19.6. The summed E-state index contributed by atoms with van der Waals surface area (Å²) in [6.07, 6.45) is 2.67. The summed E-state index contributed by atoms with van der Waals surface area (Å²) in [5.74, 6) is 2.12. The molecule has 1 aromatic carbocycles. The average Bonchev–Trinajstić information content (AvgIpc) is 3.04. The molecule has 4 rings (SSSR count). The van der Waals surface area contributed by atoms with E-state index < -0.39 is 16.0 Å². The second-order valence-corrected chi connectivity index (χ2v) is 9.41. The second-order valence-electron chi connectivity index (χ2n) is 7.70. The molecule has 0 radical (unpaired) electrons. The topological polar surface area (TPSA) is 98.0 Å². The normalized spacial score (nSPS) is 22.8. The number of aliphatic imine (C=N–C) groups is 1. The fraction of sp³-hybridized carbons (Fsp3) is 0.333. The molecule has 1 saturated carbocycles. The van der Waals surface area contributed by atoms with Crippen LogP contribution < -0.4 is 4.72 Å². The van der Waals surface area contributed by atoms with E-state index in [1.807, 2.05) is 12.1 Å². The summed E-state index contributed by atoms with van der Waals surface area (Å²) < 4.78 is 38.0. The molecule has 2 aliphatic rings. The van der Waals surface area contributed by atoms with Crippen molar-refractivity contribution in [1.29, 1.82) is 0 Å². The summed E-state index contributed by atoms with van der Waals surface area (Å²) in [5.41, 5.74) is 0.653. The largest absolute Gasteiger partial charge is 0.461 e. The van der Waals surface area contributed by atoms with Crippen LogP contribution in [0.15, 0.2) is 56.4 Å². The molecular weight excluding hydrogens is 392 g/mol. The first-order valence-corrected chi connectivity index (χ1v) is 11.0. The maximum atomic E-state index is 12.2. The molecule has 2 atom stereocenters. The number of benzene rings is 1. The number of nitrogens with zero attached hydrogens (tertiary/aromatic N) is 1. The van der Waals surface area contributed by atoms with Gasteiger partial charge < -0.3 is 9.15 Å². The average molecular weight is 414 g/mol. The maximum absolute atomic E-state index is 12.2. The highest BCUT2D eigenvalue weighted by Gasteiger charge is 2.36. The molecule has 0 spiro atoms. The van der Waals surface area contributed by atoms with Crippen molar-refractivity contribution >= 4 is 28.0 Å². The van der Waals surface area contributed by atoms with Gasteiger partial charge in [0.2, 0.25) is 15.9 Å². The number of ether oxygens (including phenoxy) is 1. The summed E-state index contributed by atoms with van der Waals surface area (Å²) in [4.78, 5) is 16.5. The number of sulfonamides is 1. The Morgan fingerprint density at radius 2 is 1.86 bits per heavy atom. The maximum Gasteiger partial charge on any atom is 0.363 e. The molecule has 2 aromatic rings. The molecule has 8 heteroatoms. The highest BCUT2D eigenvalue weighted by Crippen LogP contribution is 2.47. The number of esters is 1. The third-order valence-corrected chi connectivity index (χ3v) is 6.50. The lowest BCUT2D eigenvalue weighted by Gasteiger charge is -2.09. The zero-order valence-corrected chi connectivity index (χ0v) is 17.2. The number of carbonyl (C=O) groups excluding carboxylic acids is 1. The summed E-state index contributed by atoms with van der Waals surface area (Å²) in [7, 11) is -3.59. The van der Waals surface area contributed by atoms with E-state index in [1.54, 1.807) is 32.1 Å². The predicted octanol–water partition coefficient (Wildman–Crippen LogP) is 3.43. The van der Waals surface area contributed by atoms with Crippen molar-refractivity contribution in [3.8, 4) is 0 Å². The standard InChI is InChI=1S/C21H22N2O5S/c1-12(2)23-29(25,26)16-7-4-14(5-8-16)20-22-18(21(24)28-20)11-15-6-9-19(27-15)17-10-13(17)3/h4-9,11-13,17,23H,10H2,1-3H3/b18-11+/t13-,17+/m1/s1. The molecule has 0 bridgehead atoms. The van der Waals surface area contributed by atoms with Crippen LogP contribution in [-0.2, 0) is 19.6 Å². The number of carbonyl (C=O) groups is 1. The number of furan rings is 1. The number of nitrogens with one attached hydrogen (secondary N) is 1. The van der Waals surface area contributed by atoms with Crippen LogP contribution in [0.25, 0.3) is 6.08 Å². The van der Waals surface area contributed by atoms with E-state index in [1.165, 1.54) is 12.1 Å². The fourth-order valence-electron chi connectivity index (χ4n) is 3.19. The zero-order valence-electron chi connectivity index (χ0n) is 16.4. The zero-order chi connectivity index (χ0) is 20.8. The Morgan fingerprint density at radius 1 is 1.17 bits per heavy atom. The number of hydrogen-bond donors (Lipinski definition) is 1. The molecular formula is C21H22N2O5S. The summed E-state index contributed by atoms with van der Waals surface area (Å²) in [5, 5.41) is 0. The Bertz CT molecular complexity index is 1110. The minimum atomic E-state index is -3.59. The van der Waals surface area contributed by atoms with Gasteiger partial charge in [0.1, 0.15) is 11.5 Å². The van der Waals surface area contributed by atoms with Crippen LogP contribution in [0.1, 0.15) is 50.2 Å².